The molecule has 7 nitrogen and oxygen atoms in total. The number of carbonyl (C=O) groups is 1. The fourth-order valence-corrected chi connectivity index (χ4v) is 3.06. The average Bonchev–Trinajstić information content (AvgIpc) is 3.22. The topological polar surface area (TPSA) is 90.4 Å². The van der Waals surface area contributed by atoms with Crippen LogP contribution in [0.25, 0.3) is 22.6 Å². The van der Waals surface area contributed by atoms with E-state index >= 15 is 0 Å². The van der Waals surface area contributed by atoms with E-state index in [2.05, 4.69) is 10.3 Å². The first-order valence-corrected chi connectivity index (χ1v) is 9.12. The van der Waals surface area contributed by atoms with Crippen molar-refractivity contribution in [3.05, 3.63) is 47.3 Å². The minimum atomic E-state index is -0.792. The monoisotopic (exact) mass is 383 g/mol. The van der Waals surface area contributed by atoms with Crippen LogP contribution in [0.1, 0.15) is 41.9 Å². The van der Waals surface area contributed by atoms with Crippen molar-refractivity contribution in [2.24, 2.45) is 0 Å². The molecule has 0 fully saturated rings. The second-order valence-corrected chi connectivity index (χ2v) is 7.47. The molecule has 0 aliphatic heterocycles. The van der Waals surface area contributed by atoms with Gasteiger partial charge in [0.1, 0.15) is 11.3 Å². The van der Waals surface area contributed by atoms with Crippen LogP contribution in [-0.2, 0) is 11.3 Å². The summed E-state index contributed by atoms with van der Waals surface area (Å²) in [4.78, 5) is 12.6. The molecule has 0 radical (unpaired) electrons. The Bertz CT molecular complexity index is 995. The normalized spacial score (nSPS) is 11.6. The zero-order valence-electron chi connectivity index (χ0n) is 16.8. The summed E-state index contributed by atoms with van der Waals surface area (Å²) in [6.45, 7) is 7.90. The highest BCUT2D eigenvalue weighted by Crippen LogP contribution is 2.35. The molecule has 0 saturated heterocycles. The summed E-state index contributed by atoms with van der Waals surface area (Å²) in [5.41, 5.74) is 3.21. The van der Waals surface area contributed by atoms with Crippen molar-refractivity contribution in [1.82, 2.24) is 14.9 Å². The number of carbonyl (C=O) groups excluding carboxylic acids is 1. The molecule has 2 heterocycles. The molecule has 1 aromatic carbocycles. The van der Waals surface area contributed by atoms with Gasteiger partial charge in [-0.15, -0.1) is 0 Å². The highest BCUT2D eigenvalue weighted by atomic mass is 16.5. The number of esters is 1. The van der Waals surface area contributed by atoms with Gasteiger partial charge in [-0.3, -0.25) is 4.68 Å². The molecule has 1 N–H and O–H groups in total. The molecule has 7 heteroatoms. The summed E-state index contributed by atoms with van der Waals surface area (Å²) in [7, 11) is 1.33. The van der Waals surface area contributed by atoms with Crippen molar-refractivity contribution >= 4 is 5.97 Å². The van der Waals surface area contributed by atoms with Gasteiger partial charge >= 0.3 is 5.97 Å². The maximum absolute atomic E-state index is 12.6. The number of aliphatic hydroxyl groups is 1. The quantitative estimate of drug-likeness (QED) is 0.652. The molecule has 0 unspecified atom stereocenters. The van der Waals surface area contributed by atoms with Gasteiger partial charge < -0.3 is 14.4 Å². The van der Waals surface area contributed by atoms with Gasteiger partial charge in [-0.05, 0) is 39.7 Å². The Balaban J connectivity index is 2.08. The molecule has 3 rings (SSSR count). The van der Waals surface area contributed by atoms with Gasteiger partial charge in [-0.1, -0.05) is 29.4 Å². The van der Waals surface area contributed by atoms with E-state index in [1.807, 2.05) is 38.1 Å². The Labute approximate surface area is 163 Å². The minimum Gasteiger partial charge on any atom is -0.465 e. The number of benzene rings is 1. The van der Waals surface area contributed by atoms with Crippen molar-refractivity contribution in [2.75, 3.05) is 7.11 Å². The lowest BCUT2D eigenvalue weighted by molar-refractivity contribution is 0.0601. The molecule has 0 saturated carbocycles. The average molecular weight is 383 g/mol. The Morgan fingerprint density at radius 1 is 1.25 bits per heavy atom. The van der Waals surface area contributed by atoms with Crippen molar-refractivity contribution in [3.63, 3.8) is 0 Å². The number of nitrogens with zero attached hydrogens (tertiary/aromatic N) is 3. The molecule has 0 amide bonds. The van der Waals surface area contributed by atoms with Crippen LogP contribution in [0.3, 0.4) is 0 Å². The van der Waals surface area contributed by atoms with E-state index in [9.17, 15) is 9.90 Å². The van der Waals surface area contributed by atoms with Crippen LogP contribution in [0.2, 0.25) is 0 Å². The third kappa shape index (κ3) is 3.84. The van der Waals surface area contributed by atoms with Crippen molar-refractivity contribution in [3.8, 4) is 22.6 Å². The fourth-order valence-electron chi connectivity index (χ4n) is 3.06. The van der Waals surface area contributed by atoms with Crippen LogP contribution >= 0.6 is 0 Å². The lowest BCUT2D eigenvalue weighted by atomic mass is 9.99. The molecule has 0 spiro atoms. The summed E-state index contributed by atoms with van der Waals surface area (Å²) in [5, 5.41) is 18.5. The molecule has 2 aromatic heterocycles. The zero-order chi connectivity index (χ0) is 20.5. The maximum Gasteiger partial charge on any atom is 0.344 e. The first-order chi connectivity index (χ1) is 13.2. The second kappa shape index (κ2) is 7.59. The lowest BCUT2D eigenvalue weighted by Gasteiger charge is -2.17. The number of aryl methyl sites for hydroxylation is 2. The van der Waals surface area contributed by atoms with Gasteiger partial charge in [-0.2, -0.15) is 5.10 Å². The number of rotatable bonds is 6. The zero-order valence-corrected chi connectivity index (χ0v) is 16.8. The molecule has 28 heavy (non-hydrogen) atoms. The van der Waals surface area contributed by atoms with Gasteiger partial charge in [-0.25, -0.2) is 4.79 Å². The predicted molar refractivity (Wildman–Crippen MR) is 105 cm³/mol. The Kier molecular flexibility index (Phi) is 5.38. The Morgan fingerprint density at radius 3 is 2.61 bits per heavy atom. The van der Waals surface area contributed by atoms with E-state index in [0.717, 1.165) is 16.8 Å². The van der Waals surface area contributed by atoms with E-state index < -0.39 is 11.6 Å². The summed E-state index contributed by atoms with van der Waals surface area (Å²) in [6, 6.07) is 7.65. The molecule has 148 valence electrons. The molecule has 0 bridgehead atoms. The van der Waals surface area contributed by atoms with Crippen LogP contribution in [0, 0.1) is 13.8 Å². The summed E-state index contributed by atoms with van der Waals surface area (Å²) in [6.07, 6.45) is 2.19. The molecular weight excluding hydrogens is 358 g/mol. The van der Waals surface area contributed by atoms with Crippen LogP contribution < -0.4 is 0 Å². The van der Waals surface area contributed by atoms with E-state index in [-0.39, 0.29) is 5.56 Å². The number of hydrogen-bond donors (Lipinski definition) is 1. The largest absolute Gasteiger partial charge is 0.465 e. The summed E-state index contributed by atoms with van der Waals surface area (Å²) in [5.74, 6) is -0.185. The highest BCUT2D eigenvalue weighted by Gasteiger charge is 2.28. The fraction of sp³-hybridized carbons (Fsp3) is 0.381. The maximum atomic E-state index is 12.6. The van der Waals surface area contributed by atoms with Gasteiger partial charge in [0.05, 0.1) is 24.5 Å². The molecule has 0 atom stereocenters. The van der Waals surface area contributed by atoms with Crippen molar-refractivity contribution in [2.45, 2.75) is 46.3 Å². The van der Waals surface area contributed by atoms with Crippen LogP contribution in [0.4, 0.5) is 0 Å². The van der Waals surface area contributed by atoms with Crippen molar-refractivity contribution in [1.29, 1.82) is 0 Å². The van der Waals surface area contributed by atoms with Crippen LogP contribution in [0.5, 0.6) is 0 Å². The SMILES string of the molecule is COC(=O)c1c(-c2ccccc2C)noc1-c1cnn(CCC(C)(C)O)c1C. The number of methoxy groups -OCH3 is 1. The van der Waals surface area contributed by atoms with Gasteiger partial charge in [0.15, 0.2) is 5.76 Å². The van der Waals surface area contributed by atoms with Gasteiger partial charge in [0, 0.05) is 17.8 Å². The third-order valence-electron chi connectivity index (χ3n) is 4.77. The van der Waals surface area contributed by atoms with E-state index in [1.165, 1.54) is 7.11 Å². The summed E-state index contributed by atoms with van der Waals surface area (Å²) < 4.78 is 12.4. The predicted octanol–water partition coefficient (Wildman–Crippen LogP) is 3.77. The van der Waals surface area contributed by atoms with Crippen LogP contribution in [0.15, 0.2) is 35.0 Å². The Hall–Kier alpha value is -2.93. The van der Waals surface area contributed by atoms with Gasteiger partial charge in [0.2, 0.25) is 0 Å². The van der Waals surface area contributed by atoms with Crippen molar-refractivity contribution < 1.29 is 19.2 Å². The molecule has 3 aromatic rings. The number of ether oxygens (including phenoxy) is 1. The number of aromatic nitrogens is 3. The van der Waals surface area contributed by atoms with E-state index in [4.69, 9.17) is 9.26 Å². The minimum absolute atomic E-state index is 0.280. The lowest BCUT2D eigenvalue weighted by Crippen LogP contribution is -2.21. The second-order valence-electron chi connectivity index (χ2n) is 7.47. The highest BCUT2D eigenvalue weighted by molar-refractivity contribution is 6.02. The molecule has 0 aliphatic rings. The standard InChI is InChI=1S/C21H25N3O4/c1-13-8-6-7-9-15(13)18-17(20(25)27-5)19(28-23-18)16-12-22-24(14(16)2)11-10-21(3,4)26/h6-9,12,26H,10-11H2,1-5H3. The molecular formula is C21H25N3O4. The molecule has 0 aliphatic carbocycles. The van der Waals surface area contributed by atoms with E-state index in [1.54, 1.807) is 24.7 Å². The Morgan fingerprint density at radius 2 is 1.96 bits per heavy atom. The summed E-state index contributed by atoms with van der Waals surface area (Å²) >= 11 is 0. The first-order valence-electron chi connectivity index (χ1n) is 9.12. The van der Waals surface area contributed by atoms with Crippen LogP contribution in [-0.4, -0.2) is 38.7 Å². The first kappa shape index (κ1) is 19.8. The third-order valence-corrected chi connectivity index (χ3v) is 4.77. The smallest absolute Gasteiger partial charge is 0.344 e. The van der Waals surface area contributed by atoms with Gasteiger partial charge in [0.25, 0.3) is 0 Å². The number of hydrogen-bond acceptors (Lipinski definition) is 6. The van der Waals surface area contributed by atoms with E-state index in [0.29, 0.717) is 30.0 Å².